The number of aromatic amines is 2. The molecule has 0 unspecified atom stereocenters. The van der Waals surface area contributed by atoms with E-state index in [1.165, 1.54) is 12.0 Å². The number of rotatable bonds is 11. The van der Waals surface area contributed by atoms with Crippen molar-refractivity contribution in [3.05, 3.63) is 87.2 Å². The molecule has 14 nitrogen and oxygen atoms in total. The Morgan fingerprint density at radius 1 is 1.04 bits per heavy atom. The standard InChI is InChI=1S/C32H33Cl2N7O6.H2O/c1-44-26-8-7-22(13-28(26)45-2)27(14-23-24(33)15-35-16-25(23)34)46-30(42)21-5-3-19(4-6-21)17-41(31-36-38-39-37-31)32(43)47-29-18-40-11-9-20(29)10-12-40;/h3-8,13,15-16,20,27,29H,9-12,14,17-18H2,1-2H3,(H,36,37,38,39);1H2/t27-,29-;/m0./s1. The summed E-state index contributed by atoms with van der Waals surface area (Å²) in [5.41, 5.74) is 2.29. The predicted molar refractivity (Wildman–Crippen MR) is 173 cm³/mol. The number of benzene rings is 2. The Kier molecular flexibility index (Phi) is 11.3. The first kappa shape index (κ1) is 34.8. The van der Waals surface area contributed by atoms with Crippen molar-refractivity contribution in [1.82, 2.24) is 25.5 Å². The van der Waals surface area contributed by atoms with Gasteiger partial charge in [-0.05, 0) is 72.5 Å². The summed E-state index contributed by atoms with van der Waals surface area (Å²) in [6.45, 7) is 2.89. The molecular weight excluding hydrogens is 665 g/mol. The van der Waals surface area contributed by atoms with E-state index in [0.29, 0.717) is 49.7 Å². The van der Waals surface area contributed by atoms with Crippen molar-refractivity contribution in [2.75, 3.05) is 38.8 Å². The number of esters is 1. The van der Waals surface area contributed by atoms with Gasteiger partial charge in [-0.3, -0.25) is 4.90 Å². The van der Waals surface area contributed by atoms with Crippen LogP contribution >= 0.6 is 23.2 Å². The first-order valence-corrected chi connectivity index (χ1v) is 15.9. The van der Waals surface area contributed by atoms with E-state index in [1.807, 2.05) is 0 Å². The fourth-order valence-corrected chi connectivity index (χ4v) is 6.52. The molecule has 2 atom stereocenters. The number of piperidine rings is 3. The Hall–Kier alpha value is -4.50. The number of pyridine rings is 1. The number of fused-ring (bicyclic) bond motifs is 3. The van der Waals surface area contributed by atoms with Crippen molar-refractivity contribution in [3.63, 3.8) is 0 Å². The number of hydrogen-bond donors (Lipinski definition) is 1. The molecule has 1 amide bonds. The van der Waals surface area contributed by atoms with E-state index in [4.69, 9.17) is 42.1 Å². The second-order valence-corrected chi connectivity index (χ2v) is 12.2. The van der Waals surface area contributed by atoms with E-state index in [-0.39, 0.29) is 30.5 Å². The lowest BCUT2D eigenvalue weighted by atomic mass is 9.86. The summed E-state index contributed by atoms with van der Waals surface area (Å²) in [5, 5.41) is 14.8. The number of hydrogen-bond acceptors (Lipinski definition) is 11. The molecule has 3 aliphatic heterocycles. The number of nitrogens with zero attached hydrogens (tertiary/aromatic N) is 5. The maximum absolute atomic E-state index is 13.5. The van der Waals surface area contributed by atoms with E-state index in [2.05, 4.69) is 30.5 Å². The van der Waals surface area contributed by atoms with Crippen LogP contribution in [0.15, 0.2) is 54.9 Å². The molecule has 3 saturated heterocycles. The minimum atomic E-state index is -0.769. The van der Waals surface area contributed by atoms with Crippen molar-refractivity contribution in [2.24, 2.45) is 5.92 Å². The van der Waals surface area contributed by atoms with E-state index >= 15 is 0 Å². The van der Waals surface area contributed by atoms with E-state index in [0.717, 1.165) is 32.5 Å². The van der Waals surface area contributed by atoms with Crippen molar-refractivity contribution < 1.29 is 39.0 Å². The second kappa shape index (κ2) is 15.6. The first-order chi connectivity index (χ1) is 22.8. The van der Waals surface area contributed by atoms with E-state index in [9.17, 15) is 9.59 Å². The maximum atomic E-state index is 13.5. The molecule has 0 aliphatic carbocycles. The number of tetrazole rings is 1. The molecule has 3 N–H and O–H groups in total. The molecule has 5 heterocycles. The number of H-pyrrole nitrogens is 2. The van der Waals surface area contributed by atoms with E-state index in [1.54, 1.807) is 62.0 Å². The van der Waals surface area contributed by atoms with Gasteiger partial charge in [0.05, 0.1) is 26.3 Å². The highest BCUT2D eigenvalue weighted by atomic mass is 35.5. The van der Waals surface area contributed by atoms with Gasteiger partial charge in [0.15, 0.2) is 23.9 Å². The number of halogens is 2. The van der Waals surface area contributed by atoms with Crippen LogP contribution in [0.1, 0.15) is 46.0 Å². The fraction of sp³-hybridized carbons (Fsp3) is 0.375. The third kappa shape index (κ3) is 7.79. The molecule has 0 radical (unpaired) electrons. The Balaban J connectivity index is 0.00000451. The first-order valence-electron chi connectivity index (χ1n) is 15.1. The van der Waals surface area contributed by atoms with Gasteiger partial charge in [-0.1, -0.05) is 46.5 Å². The van der Waals surface area contributed by atoms with Gasteiger partial charge in [0.25, 0.3) is 5.95 Å². The second-order valence-electron chi connectivity index (χ2n) is 11.4. The molecular formula is C32H35Cl2N7O7. The highest BCUT2D eigenvalue weighted by Crippen LogP contribution is 2.35. The molecule has 16 heteroatoms. The molecule has 2 aromatic carbocycles. The minimum Gasteiger partial charge on any atom is -0.870 e. The number of anilines is 1. The molecule has 4 aromatic rings. The van der Waals surface area contributed by atoms with Crippen molar-refractivity contribution in [1.29, 1.82) is 0 Å². The van der Waals surface area contributed by atoms with Gasteiger partial charge in [-0.2, -0.15) is 5.21 Å². The third-order valence-electron chi connectivity index (χ3n) is 8.59. The lowest BCUT2D eigenvalue weighted by Gasteiger charge is -2.44. The number of aromatic nitrogens is 5. The normalized spacial score (nSPS) is 18.7. The van der Waals surface area contributed by atoms with Gasteiger partial charge < -0.3 is 24.4 Å². The molecule has 3 aliphatic rings. The van der Waals surface area contributed by atoms with Crippen molar-refractivity contribution >= 4 is 41.2 Å². The summed E-state index contributed by atoms with van der Waals surface area (Å²) in [6.07, 6.45) is 3.93. The third-order valence-corrected chi connectivity index (χ3v) is 9.26. The van der Waals surface area contributed by atoms with Gasteiger partial charge in [-0.25, -0.2) is 19.5 Å². The molecule has 2 bridgehead atoms. The smallest absolute Gasteiger partial charge is 0.417 e. The van der Waals surface area contributed by atoms with Crippen LogP contribution in [0, 0.1) is 5.92 Å². The number of carbonyl (C=O) groups excluding carboxylic acids is 2. The number of amides is 1. The zero-order chi connectivity index (χ0) is 32.9. The van der Waals surface area contributed by atoms with Crippen LogP contribution in [0.2, 0.25) is 10.0 Å². The highest BCUT2D eigenvalue weighted by molar-refractivity contribution is 6.35. The Labute approximate surface area is 286 Å². The Morgan fingerprint density at radius 3 is 2.35 bits per heavy atom. The Bertz CT molecular complexity index is 1680. The highest BCUT2D eigenvalue weighted by Gasteiger charge is 2.38. The summed E-state index contributed by atoms with van der Waals surface area (Å²) < 4.78 is 22.9. The van der Waals surface area contributed by atoms with Crippen LogP contribution in [0.3, 0.4) is 0 Å². The predicted octanol–water partition coefficient (Wildman–Crippen LogP) is 4.54. The number of nitrogens with one attached hydrogen (secondary N) is 2. The van der Waals surface area contributed by atoms with Crippen LogP contribution in [0.25, 0.3) is 0 Å². The van der Waals surface area contributed by atoms with Crippen LogP contribution in [0.4, 0.5) is 10.7 Å². The fourth-order valence-electron chi connectivity index (χ4n) is 5.99. The van der Waals surface area contributed by atoms with E-state index < -0.39 is 18.2 Å². The minimum absolute atomic E-state index is 0. The van der Waals surface area contributed by atoms with Crippen molar-refractivity contribution in [3.8, 4) is 11.5 Å². The maximum Gasteiger partial charge on any atom is 0.417 e. The lowest BCUT2D eigenvalue weighted by molar-refractivity contribution is -0.377. The zero-order valence-corrected chi connectivity index (χ0v) is 27.8. The molecule has 3 fully saturated rings. The van der Waals surface area contributed by atoms with Crippen LogP contribution in [-0.4, -0.2) is 83.0 Å². The summed E-state index contributed by atoms with van der Waals surface area (Å²) in [5.74, 6) is 0.879. The average molecular weight is 701 g/mol. The van der Waals surface area contributed by atoms with Gasteiger partial charge in [0.1, 0.15) is 22.3 Å². The largest absolute Gasteiger partial charge is 0.870 e. The van der Waals surface area contributed by atoms with Crippen LogP contribution in [-0.2, 0) is 22.4 Å². The Morgan fingerprint density at radius 2 is 1.75 bits per heavy atom. The molecule has 48 heavy (non-hydrogen) atoms. The number of carbonyl (C=O) groups is 2. The molecule has 0 spiro atoms. The van der Waals surface area contributed by atoms with Gasteiger partial charge in [-0.15, -0.1) is 5.10 Å². The summed E-state index contributed by atoms with van der Waals surface area (Å²) >= 11 is 12.9. The van der Waals surface area contributed by atoms with Crippen LogP contribution in [0.5, 0.6) is 11.5 Å². The summed E-state index contributed by atoms with van der Waals surface area (Å²) in [6, 6.07) is 12.0. The number of ether oxygens (including phenoxy) is 4. The molecule has 0 saturated carbocycles. The summed E-state index contributed by atoms with van der Waals surface area (Å²) in [7, 11) is 3.07. The van der Waals surface area contributed by atoms with Crippen molar-refractivity contribution in [2.45, 2.75) is 38.0 Å². The quantitative estimate of drug-likeness (QED) is 0.218. The zero-order valence-electron chi connectivity index (χ0n) is 26.3. The topological polar surface area (TPSA) is 176 Å². The molecule has 254 valence electrons. The number of methoxy groups -OCH3 is 2. The molecule has 7 rings (SSSR count). The van der Waals surface area contributed by atoms with Crippen LogP contribution < -0.4 is 19.4 Å². The summed E-state index contributed by atoms with van der Waals surface area (Å²) in [4.78, 5) is 33.4. The lowest BCUT2D eigenvalue weighted by Crippen LogP contribution is -2.53. The molecule has 2 aromatic heterocycles. The van der Waals surface area contributed by atoms with Gasteiger partial charge >= 0.3 is 12.1 Å². The SMILES string of the molecule is COc1ccc([C@H](Cc2c(Cl)c[nH+]cc2Cl)OC(=O)c2ccc(CN(C(=O)O[C@H]3CN4CCC3CC4)c3nn[nH]n3)cc2)cc1OC.[OH-]. The van der Waals surface area contributed by atoms with Gasteiger partial charge in [0, 0.05) is 18.5 Å². The average Bonchev–Trinajstić information content (AvgIpc) is 3.63. The van der Waals surface area contributed by atoms with Gasteiger partial charge in [0.2, 0.25) is 0 Å². The monoisotopic (exact) mass is 699 g/mol.